The molecule has 4 nitrogen and oxygen atoms in total. The van der Waals surface area contributed by atoms with E-state index in [1.807, 2.05) is 57.2 Å². The van der Waals surface area contributed by atoms with E-state index in [0.29, 0.717) is 0 Å². The Hall–Kier alpha value is -1.44. The molecule has 3 aromatic heterocycles. The molecule has 0 aliphatic rings. The number of nitrogens with zero attached hydrogens (tertiary/aromatic N) is 4. The molecule has 0 fully saturated rings. The summed E-state index contributed by atoms with van der Waals surface area (Å²) in [6, 6.07) is 11.6. The van der Waals surface area contributed by atoms with Gasteiger partial charge < -0.3 is 10.2 Å². The molecular formula is C16H17N4U-. The Morgan fingerprint density at radius 3 is 2.48 bits per heavy atom. The van der Waals surface area contributed by atoms with Gasteiger partial charge in [0, 0.05) is 49.2 Å². The summed E-state index contributed by atoms with van der Waals surface area (Å²) < 4.78 is 0. The Morgan fingerprint density at radius 2 is 1.81 bits per heavy atom. The van der Waals surface area contributed by atoms with Crippen LogP contribution in [0.25, 0.3) is 22.6 Å². The molecule has 3 rings (SSSR count). The summed E-state index contributed by atoms with van der Waals surface area (Å²) in [7, 11) is 0. The second-order valence-corrected chi connectivity index (χ2v) is 4.02. The van der Waals surface area contributed by atoms with Crippen molar-refractivity contribution in [2.24, 2.45) is 0 Å². The SMILES string of the molecule is CC.Cc1cccc(-c2cc(-c3cccnc3)[n-]n2)n1.[U]. The van der Waals surface area contributed by atoms with Crippen LogP contribution in [0.5, 0.6) is 0 Å². The van der Waals surface area contributed by atoms with Gasteiger partial charge in [-0.1, -0.05) is 26.0 Å². The zero-order chi connectivity index (χ0) is 14.4. The summed E-state index contributed by atoms with van der Waals surface area (Å²) in [5.41, 5.74) is 4.39. The molecule has 0 radical (unpaired) electrons. The Kier molecular flexibility index (Phi) is 7.35. The average molecular weight is 503 g/mol. The van der Waals surface area contributed by atoms with Crippen LogP contribution in [0.3, 0.4) is 0 Å². The summed E-state index contributed by atoms with van der Waals surface area (Å²) >= 11 is 0. The van der Waals surface area contributed by atoms with Gasteiger partial charge in [0.2, 0.25) is 0 Å². The Labute approximate surface area is 148 Å². The van der Waals surface area contributed by atoms with Gasteiger partial charge in [-0.25, -0.2) is 0 Å². The smallest absolute Gasteiger partial charge is 0.0871 e. The second-order valence-electron chi connectivity index (χ2n) is 4.02. The van der Waals surface area contributed by atoms with Gasteiger partial charge in [-0.15, -0.1) is 5.69 Å². The van der Waals surface area contributed by atoms with Crippen molar-refractivity contribution >= 4 is 0 Å². The monoisotopic (exact) mass is 503 g/mol. The minimum atomic E-state index is 0. The van der Waals surface area contributed by atoms with Gasteiger partial charge in [-0.3, -0.25) is 9.97 Å². The molecular weight excluding hydrogens is 486 g/mol. The normalized spacial score (nSPS) is 9.29. The molecule has 3 aromatic rings. The Bertz CT molecular complexity index is 665. The number of hydrogen-bond donors (Lipinski definition) is 0. The number of hydrogen-bond acceptors (Lipinski definition) is 3. The summed E-state index contributed by atoms with van der Waals surface area (Å²) in [5, 5.41) is 8.33. The first-order chi connectivity index (χ1) is 9.83. The topological polar surface area (TPSA) is 52.8 Å². The van der Waals surface area contributed by atoms with Crippen LogP contribution in [0.1, 0.15) is 19.5 Å². The fraction of sp³-hybridized carbons (Fsp3) is 0.188. The molecule has 0 aliphatic heterocycles. The summed E-state index contributed by atoms with van der Waals surface area (Å²) in [6.07, 6.45) is 3.51. The molecule has 0 atom stereocenters. The van der Waals surface area contributed by atoms with Gasteiger partial charge in [0.25, 0.3) is 0 Å². The Morgan fingerprint density at radius 1 is 1.00 bits per heavy atom. The van der Waals surface area contributed by atoms with E-state index in [1.54, 1.807) is 12.4 Å². The van der Waals surface area contributed by atoms with E-state index in [-0.39, 0.29) is 31.1 Å². The molecule has 106 valence electrons. The van der Waals surface area contributed by atoms with Crippen molar-refractivity contribution in [3.8, 4) is 22.6 Å². The first-order valence-corrected chi connectivity index (χ1v) is 6.68. The van der Waals surface area contributed by atoms with Crippen molar-refractivity contribution in [1.29, 1.82) is 0 Å². The van der Waals surface area contributed by atoms with Crippen LogP contribution in [0.15, 0.2) is 48.8 Å². The molecule has 0 bridgehead atoms. The van der Waals surface area contributed by atoms with Crippen LogP contribution in [-0.4, -0.2) is 15.1 Å². The first kappa shape index (κ1) is 17.6. The Balaban J connectivity index is 0.000000706. The minimum absolute atomic E-state index is 0. The van der Waals surface area contributed by atoms with Gasteiger partial charge in [0.15, 0.2) is 0 Å². The maximum atomic E-state index is 4.43. The number of pyridine rings is 2. The van der Waals surface area contributed by atoms with Gasteiger partial charge in [0.05, 0.1) is 11.4 Å². The van der Waals surface area contributed by atoms with Crippen LogP contribution in [0.4, 0.5) is 0 Å². The van der Waals surface area contributed by atoms with E-state index >= 15 is 0 Å². The van der Waals surface area contributed by atoms with Crippen molar-refractivity contribution in [2.45, 2.75) is 20.8 Å². The number of aromatic nitrogens is 4. The minimum Gasteiger partial charge on any atom is -0.574 e. The van der Waals surface area contributed by atoms with Crippen LogP contribution in [0.2, 0.25) is 0 Å². The van der Waals surface area contributed by atoms with E-state index in [4.69, 9.17) is 0 Å². The van der Waals surface area contributed by atoms with Crippen LogP contribution in [-0.2, 0) is 0 Å². The van der Waals surface area contributed by atoms with E-state index in [9.17, 15) is 0 Å². The van der Waals surface area contributed by atoms with Crippen LogP contribution in [0, 0.1) is 38.0 Å². The molecule has 0 saturated heterocycles. The maximum Gasteiger partial charge on any atom is 0.0871 e. The van der Waals surface area contributed by atoms with E-state index in [0.717, 1.165) is 28.3 Å². The van der Waals surface area contributed by atoms with Gasteiger partial charge in [-0.2, -0.15) is 0 Å². The molecule has 0 amide bonds. The number of aryl methyl sites for hydroxylation is 1. The van der Waals surface area contributed by atoms with E-state index in [1.165, 1.54) is 0 Å². The maximum absolute atomic E-state index is 4.43. The fourth-order valence-corrected chi connectivity index (χ4v) is 1.76. The number of rotatable bonds is 2. The van der Waals surface area contributed by atoms with Crippen LogP contribution >= 0.6 is 0 Å². The van der Waals surface area contributed by atoms with Gasteiger partial charge in [-0.05, 0) is 36.8 Å². The third-order valence-corrected chi connectivity index (χ3v) is 2.65. The van der Waals surface area contributed by atoms with Gasteiger partial charge in [0.1, 0.15) is 0 Å². The third kappa shape index (κ3) is 4.52. The zero-order valence-corrected chi connectivity index (χ0v) is 16.6. The first-order valence-electron chi connectivity index (χ1n) is 6.68. The molecule has 0 aliphatic carbocycles. The van der Waals surface area contributed by atoms with Crippen molar-refractivity contribution in [3.63, 3.8) is 0 Å². The van der Waals surface area contributed by atoms with Crippen molar-refractivity contribution in [2.75, 3.05) is 0 Å². The fourth-order valence-electron chi connectivity index (χ4n) is 1.76. The summed E-state index contributed by atoms with van der Waals surface area (Å²) in [5.74, 6) is 0. The van der Waals surface area contributed by atoms with Crippen molar-refractivity contribution in [3.05, 3.63) is 54.5 Å². The van der Waals surface area contributed by atoms with Crippen molar-refractivity contribution in [1.82, 2.24) is 20.2 Å². The largest absolute Gasteiger partial charge is 0.574 e. The van der Waals surface area contributed by atoms with E-state index < -0.39 is 0 Å². The standard InChI is InChI=1S/C14H11N4.C2H6.U/c1-10-4-2-6-12(16-10)14-8-13(17-18-14)11-5-3-7-15-9-11;1-2;/h2-9H,1H3;1-2H3;/q-1;;. The van der Waals surface area contributed by atoms with Crippen LogP contribution < -0.4 is 5.10 Å². The predicted octanol–water partition coefficient (Wildman–Crippen LogP) is 3.50. The van der Waals surface area contributed by atoms with Gasteiger partial charge >= 0.3 is 0 Å². The molecule has 3 heterocycles. The average Bonchev–Trinajstić information content (AvgIpc) is 3.00. The van der Waals surface area contributed by atoms with Crippen molar-refractivity contribution < 1.29 is 31.1 Å². The third-order valence-electron chi connectivity index (χ3n) is 2.65. The second kappa shape index (κ2) is 8.76. The molecule has 0 saturated carbocycles. The van der Waals surface area contributed by atoms with E-state index in [2.05, 4.69) is 20.2 Å². The quantitative estimate of drug-likeness (QED) is 0.538. The molecule has 0 spiro atoms. The predicted molar refractivity (Wildman–Crippen MR) is 80.1 cm³/mol. The molecule has 21 heavy (non-hydrogen) atoms. The molecule has 0 unspecified atom stereocenters. The molecule has 0 N–H and O–H groups in total. The summed E-state index contributed by atoms with van der Waals surface area (Å²) in [6.45, 7) is 5.96. The molecule has 5 heteroatoms. The molecule has 0 aromatic carbocycles. The zero-order valence-electron chi connectivity index (χ0n) is 12.4. The summed E-state index contributed by atoms with van der Waals surface area (Å²) in [4.78, 5) is 8.51.